The van der Waals surface area contributed by atoms with E-state index in [4.69, 9.17) is 4.42 Å². The van der Waals surface area contributed by atoms with Crippen LogP contribution in [0.2, 0.25) is 0 Å². The number of nitrogens with zero attached hydrogens (tertiary/aromatic N) is 3. The van der Waals surface area contributed by atoms with Crippen molar-refractivity contribution in [1.82, 2.24) is 15.5 Å². The Morgan fingerprint density at radius 3 is 2.58 bits per heavy atom. The molecular formula is C14H24N4O. The van der Waals surface area contributed by atoms with E-state index in [-0.39, 0.29) is 0 Å². The third kappa shape index (κ3) is 3.26. The van der Waals surface area contributed by atoms with Crippen LogP contribution < -0.4 is 10.2 Å². The zero-order chi connectivity index (χ0) is 13.2. The molecule has 2 heterocycles. The highest BCUT2D eigenvalue weighted by Gasteiger charge is 2.25. The Morgan fingerprint density at radius 2 is 1.95 bits per heavy atom. The van der Waals surface area contributed by atoms with Crippen molar-refractivity contribution in [2.75, 3.05) is 18.0 Å². The molecule has 106 valence electrons. The van der Waals surface area contributed by atoms with E-state index < -0.39 is 0 Å². The van der Waals surface area contributed by atoms with E-state index in [1.807, 2.05) is 0 Å². The first-order valence-electron chi connectivity index (χ1n) is 7.53. The van der Waals surface area contributed by atoms with Gasteiger partial charge in [0.05, 0.1) is 6.54 Å². The fraction of sp³-hybridized carbons (Fsp3) is 0.857. The van der Waals surface area contributed by atoms with Crippen molar-refractivity contribution in [3.8, 4) is 0 Å². The molecule has 0 atom stereocenters. The zero-order valence-corrected chi connectivity index (χ0v) is 11.9. The van der Waals surface area contributed by atoms with E-state index in [1.54, 1.807) is 0 Å². The first-order chi connectivity index (χ1) is 9.22. The summed E-state index contributed by atoms with van der Waals surface area (Å²) in [6.45, 7) is 7.42. The molecule has 0 aromatic carbocycles. The molecule has 1 N–H and O–H groups in total. The van der Waals surface area contributed by atoms with E-state index in [0.717, 1.165) is 24.9 Å². The summed E-state index contributed by atoms with van der Waals surface area (Å²) < 4.78 is 5.74. The zero-order valence-electron chi connectivity index (χ0n) is 11.9. The highest BCUT2D eigenvalue weighted by Crippen LogP contribution is 2.27. The maximum atomic E-state index is 5.74. The van der Waals surface area contributed by atoms with E-state index in [0.29, 0.717) is 24.5 Å². The van der Waals surface area contributed by atoms with Crippen LogP contribution in [0.25, 0.3) is 0 Å². The average Bonchev–Trinajstić information content (AvgIpc) is 3.13. The molecule has 1 aliphatic carbocycles. The Morgan fingerprint density at radius 1 is 1.21 bits per heavy atom. The lowest BCUT2D eigenvalue weighted by atomic mass is 9.87. The monoisotopic (exact) mass is 264 g/mol. The van der Waals surface area contributed by atoms with Gasteiger partial charge in [0.25, 0.3) is 0 Å². The molecular weight excluding hydrogens is 240 g/mol. The van der Waals surface area contributed by atoms with Crippen LogP contribution in [0.4, 0.5) is 6.01 Å². The molecule has 5 nitrogen and oxygen atoms in total. The smallest absolute Gasteiger partial charge is 0.318 e. The summed E-state index contributed by atoms with van der Waals surface area (Å²) >= 11 is 0. The molecule has 1 aromatic heterocycles. The number of aromatic nitrogens is 2. The summed E-state index contributed by atoms with van der Waals surface area (Å²) in [4.78, 5) is 2.23. The van der Waals surface area contributed by atoms with Crippen LogP contribution in [-0.4, -0.2) is 29.3 Å². The summed E-state index contributed by atoms with van der Waals surface area (Å²) in [5, 5.41) is 11.7. The summed E-state index contributed by atoms with van der Waals surface area (Å²) in [5.74, 6) is 2.34. The molecule has 5 heteroatoms. The molecule has 0 bridgehead atoms. The third-order valence-corrected chi connectivity index (χ3v) is 4.33. The molecule has 2 fully saturated rings. The van der Waals surface area contributed by atoms with Crippen LogP contribution in [0.15, 0.2) is 4.42 Å². The molecule has 3 rings (SSSR count). The highest BCUT2D eigenvalue weighted by atomic mass is 16.4. The predicted molar refractivity (Wildman–Crippen MR) is 73.9 cm³/mol. The lowest BCUT2D eigenvalue weighted by Gasteiger charge is -2.32. The maximum absolute atomic E-state index is 5.74. The predicted octanol–water partition coefficient (Wildman–Crippen LogP) is 2.19. The van der Waals surface area contributed by atoms with E-state index in [2.05, 4.69) is 34.3 Å². The normalized spacial score (nSPS) is 21.3. The molecule has 19 heavy (non-hydrogen) atoms. The van der Waals surface area contributed by atoms with Crippen LogP contribution in [0.3, 0.4) is 0 Å². The topological polar surface area (TPSA) is 54.2 Å². The first kappa shape index (κ1) is 12.9. The highest BCUT2D eigenvalue weighted by molar-refractivity contribution is 5.24. The number of hydrogen-bond donors (Lipinski definition) is 1. The van der Waals surface area contributed by atoms with E-state index in [1.165, 1.54) is 25.7 Å². The Kier molecular flexibility index (Phi) is 3.73. The van der Waals surface area contributed by atoms with Gasteiger partial charge in [-0.3, -0.25) is 0 Å². The summed E-state index contributed by atoms with van der Waals surface area (Å²) in [6.07, 6.45) is 5.03. The number of anilines is 1. The number of piperidine rings is 1. The van der Waals surface area contributed by atoms with Gasteiger partial charge >= 0.3 is 6.01 Å². The molecule has 0 radical (unpaired) electrons. The van der Waals surface area contributed by atoms with Gasteiger partial charge < -0.3 is 14.6 Å². The van der Waals surface area contributed by atoms with Crippen molar-refractivity contribution in [3.05, 3.63) is 5.89 Å². The lowest BCUT2D eigenvalue weighted by molar-refractivity contribution is 0.303. The second kappa shape index (κ2) is 5.49. The Hall–Kier alpha value is -1.10. The lowest BCUT2D eigenvalue weighted by Crippen LogP contribution is -2.35. The summed E-state index contributed by atoms with van der Waals surface area (Å²) in [6, 6.07) is 1.38. The van der Waals surface area contributed by atoms with Crippen LogP contribution in [0.5, 0.6) is 0 Å². The molecule has 2 aliphatic rings. The quantitative estimate of drug-likeness (QED) is 0.883. The van der Waals surface area contributed by atoms with E-state index in [9.17, 15) is 0 Å². The van der Waals surface area contributed by atoms with Gasteiger partial charge in [-0.25, -0.2) is 0 Å². The molecule has 1 saturated heterocycles. The standard InChI is InChI=1S/C14H24N4O/c1-10(2)11-5-7-18(8-6-11)14-17-16-13(19-14)9-15-12-3-4-12/h10-12,15H,3-9H2,1-2H3. The van der Waals surface area contributed by atoms with Crippen LogP contribution in [0, 0.1) is 11.8 Å². The molecule has 0 amide bonds. The van der Waals surface area contributed by atoms with E-state index >= 15 is 0 Å². The van der Waals surface area contributed by atoms with Crippen LogP contribution >= 0.6 is 0 Å². The van der Waals surface area contributed by atoms with Crippen molar-refractivity contribution in [2.45, 2.75) is 52.1 Å². The van der Waals surface area contributed by atoms with Crippen molar-refractivity contribution in [1.29, 1.82) is 0 Å². The van der Waals surface area contributed by atoms with Gasteiger partial charge in [-0.05, 0) is 37.5 Å². The average molecular weight is 264 g/mol. The minimum Gasteiger partial charge on any atom is -0.407 e. The molecule has 1 aliphatic heterocycles. The van der Waals surface area contributed by atoms with Crippen LogP contribution in [0.1, 0.15) is 45.4 Å². The Bertz CT molecular complexity index is 405. The van der Waals surface area contributed by atoms with Crippen molar-refractivity contribution in [2.24, 2.45) is 11.8 Å². The minimum absolute atomic E-state index is 0.678. The van der Waals surface area contributed by atoms with Gasteiger partial charge in [-0.15, -0.1) is 5.10 Å². The minimum atomic E-state index is 0.678. The fourth-order valence-corrected chi connectivity index (χ4v) is 2.72. The molecule has 0 spiro atoms. The van der Waals surface area contributed by atoms with Crippen molar-refractivity contribution < 1.29 is 4.42 Å². The van der Waals surface area contributed by atoms with Gasteiger partial charge in [-0.2, -0.15) is 0 Å². The fourth-order valence-electron chi connectivity index (χ4n) is 2.72. The first-order valence-corrected chi connectivity index (χ1v) is 7.53. The van der Waals surface area contributed by atoms with Crippen molar-refractivity contribution >= 4 is 6.01 Å². The SMILES string of the molecule is CC(C)C1CCN(c2nnc(CNC3CC3)o2)CC1. The van der Waals surface area contributed by atoms with Gasteiger partial charge in [0.1, 0.15) is 0 Å². The number of rotatable bonds is 5. The second-order valence-corrected chi connectivity index (χ2v) is 6.20. The second-order valence-electron chi connectivity index (χ2n) is 6.20. The Labute approximate surface area is 114 Å². The number of nitrogens with one attached hydrogen (secondary N) is 1. The maximum Gasteiger partial charge on any atom is 0.318 e. The molecule has 1 saturated carbocycles. The molecule has 0 unspecified atom stereocenters. The summed E-state index contributed by atoms with van der Waals surface area (Å²) in [7, 11) is 0. The molecule has 1 aromatic rings. The van der Waals surface area contributed by atoms with Crippen LogP contribution in [-0.2, 0) is 6.54 Å². The summed E-state index contributed by atoms with van der Waals surface area (Å²) in [5.41, 5.74) is 0. The van der Waals surface area contributed by atoms with Gasteiger partial charge in [0.2, 0.25) is 5.89 Å². The van der Waals surface area contributed by atoms with Crippen molar-refractivity contribution in [3.63, 3.8) is 0 Å². The van der Waals surface area contributed by atoms with Gasteiger partial charge in [0, 0.05) is 19.1 Å². The largest absolute Gasteiger partial charge is 0.407 e. The van der Waals surface area contributed by atoms with Gasteiger partial charge in [-0.1, -0.05) is 18.9 Å². The Balaban J connectivity index is 1.51. The third-order valence-electron chi connectivity index (χ3n) is 4.33. The van der Waals surface area contributed by atoms with Gasteiger partial charge in [0.15, 0.2) is 0 Å². The number of hydrogen-bond acceptors (Lipinski definition) is 5.